The first-order valence-electron chi connectivity index (χ1n) is 9.50. The first-order valence-corrected chi connectivity index (χ1v) is 9.50. The number of pyridine rings is 2. The molecule has 1 aliphatic carbocycles. The average Bonchev–Trinajstić information content (AvgIpc) is 2.70. The Hall–Kier alpha value is -2.61. The molecule has 0 radical (unpaired) electrons. The summed E-state index contributed by atoms with van der Waals surface area (Å²) < 4.78 is 11.7. The van der Waals surface area contributed by atoms with Crippen LogP contribution in [0.5, 0.6) is 5.88 Å². The number of hydrogen-bond acceptors (Lipinski definition) is 6. The van der Waals surface area contributed by atoms with Gasteiger partial charge < -0.3 is 25.4 Å². The lowest BCUT2D eigenvalue weighted by molar-refractivity contribution is 0.121. The van der Waals surface area contributed by atoms with Crippen molar-refractivity contribution in [2.75, 3.05) is 31.2 Å². The molecule has 1 saturated heterocycles. The van der Waals surface area contributed by atoms with Crippen molar-refractivity contribution in [1.29, 1.82) is 0 Å². The number of hydrogen-bond donors (Lipinski definition) is 2. The maximum atomic E-state index is 11.0. The van der Waals surface area contributed by atoms with Gasteiger partial charge in [-0.2, -0.15) is 4.98 Å². The normalized spacial score (nSPS) is 23.2. The second kappa shape index (κ2) is 7.96. The SMILES string of the molecule is NC(=O)N[C@H]1CC[C@@H](Oc2nc(N3CCOCC3)cc3ncccc23)CC1. The molecule has 3 heterocycles. The van der Waals surface area contributed by atoms with Crippen molar-refractivity contribution in [3.8, 4) is 5.88 Å². The lowest BCUT2D eigenvalue weighted by Gasteiger charge is -2.30. The van der Waals surface area contributed by atoms with Crippen LogP contribution in [0.2, 0.25) is 0 Å². The molecule has 1 saturated carbocycles. The predicted octanol–water partition coefficient (Wildman–Crippen LogP) is 1.82. The van der Waals surface area contributed by atoms with Crippen LogP contribution in [-0.2, 0) is 4.74 Å². The van der Waals surface area contributed by atoms with Crippen LogP contribution in [0.1, 0.15) is 25.7 Å². The third-order valence-corrected chi connectivity index (χ3v) is 5.18. The van der Waals surface area contributed by atoms with E-state index in [0.29, 0.717) is 19.1 Å². The van der Waals surface area contributed by atoms with Gasteiger partial charge in [0.15, 0.2) is 0 Å². The minimum Gasteiger partial charge on any atom is -0.474 e. The maximum Gasteiger partial charge on any atom is 0.312 e. The number of ether oxygens (including phenoxy) is 2. The number of nitrogens with two attached hydrogens (primary N) is 1. The van der Waals surface area contributed by atoms with Gasteiger partial charge in [-0.15, -0.1) is 0 Å². The lowest BCUT2D eigenvalue weighted by atomic mass is 9.93. The molecular formula is C19H25N5O3. The molecule has 2 aromatic heterocycles. The van der Waals surface area contributed by atoms with Gasteiger partial charge in [0.05, 0.1) is 24.1 Å². The van der Waals surface area contributed by atoms with Gasteiger partial charge in [0, 0.05) is 31.4 Å². The fourth-order valence-corrected chi connectivity index (χ4v) is 3.76. The Labute approximate surface area is 158 Å². The first kappa shape index (κ1) is 17.8. The Morgan fingerprint density at radius 2 is 2.04 bits per heavy atom. The maximum absolute atomic E-state index is 11.0. The Kier molecular flexibility index (Phi) is 5.24. The molecule has 2 amide bonds. The zero-order chi connectivity index (χ0) is 18.6. The Balaban J connectivity index is 1.53. The van der Waals surface area contributed by atoms with Crippen molar-refractivity contribution in [1.82, 2.24) is 15.3 Å². The van der Waals surface area contributed by atoms with Gasteiger partial charge in [-0.1, -0.05) is 0 Å². The number of nitrogens with zero attached hydrogens (tertiary/aromatic N) is 3. The smallest absolute Gasteiger partial charge is 0.312 e. The van der Waals surface area contributed by atoms with E-state index in [4.69, 9.17) is 20.2 Å². The summed E-state index contributed by atoms with van der Waals surface area (Å²) in [6, 6.07) is 5.58. The van der Waals surface area contributed by atoms with E-state index in [9.17, 15) is 4.79 Å². The van der Waals surface area contributed by atoms with E-state index in [-0.39, 0.29) is 12.1 Å². The van der Waals surface area contributed by atoms with Crippen LogP contribution in [0.15, 0.2) is 24.4 Å². The number of primary amides is 1. The van der Waals surface area contributed by atoms with Crippen molar-refractivity contribution in [3.05, 3.63) is 24.4 Å². The topological polar surface area (TPSA) is 103 Å². The summed E-state index contributed by atoms with van der Waals surface area (Å²) in [4.78, 5) is 22.5. The zero-order valence-corrected chi connectivity index (χ0v) is 15.3. The molecule has 1 aliphatic heterocycles. The highest BCUT2D eigenvalue weighted by Crippen LogP contribution is 2.30. The summed E-state index contributed by atoms with van der Waals surface area (Å²) in [7, 11) is 0. The molecule has 4 rings (SSSR count). The van der Waals surface area contributed by atoms with Gasteiger partial charge >= 0.3 is 6.03 Å². The second-order valence-corrected chi connectivity index (χ2v) is 7.06. The highest BCUT2D eigenvalue weighted by Gasteiger charge is 2.25. The third kappa shape index (κ3) is 4.21. The number of carbonyl (C=O) groups is 1. The van der Waals surface area contributed by atoms with Gasteiger partial charge in [0.25, 0.3) is 0 Å². The number of morpholine rings is 1. The Morgan fingerprint density at radius 1 is 1.26 bits per heavy atom. The number of anilines is 1. The van der Waals surface area contributed by atoms with Crippen molar-refractivity contribution >= 4 is 22.8 Å². The molecule has 0 unspecified atom stereocenters. The molecular weight excluding hydrogens is 346 g/mol. The fraction of sp³-hybridized carbons (Fsp3) is 0.526. The van der Waals surface area contributed by atoms with Gasteiger partial charge in [0.2, 0.25) is 5.88 Å². The zero-order valence-electron chi connectivity index (χ0n) is 15.3. The van der Waals surface area contributed by atoms with Crippen LogP contribution in [0.25, 0.3) is 10.9 Å². The molecule has 2 aromatic rings. The standard InChI is InChI=1S/C19H25N5O3/c20-19(25)22-13-3-5-14(6-4-13)27-18-15-2-1-7-21-16(15)12-17(23-18)24-8-10-26-11-9-24/h1-2,7,12-14H,3-6,8-11H2,(H3,20,22,25)/t13-,14+. The summed E-state index contributed by atoms with van der Waals surface area (Å²) >= 11 is 0. The number of carbonyl (C=O) groups excluding carboxylic acids is 1. The summed E-state index contributed by atoms with van der Waals surface area (Å²) in [6.07, 6.45) is 5.29. The molecule has 8 heteroatoms. The van der Waals surface area contributed by atoms with Crippen LogP contribution in [-0.4, -0.2) is 54.4 Å². The van der Waals surface area contributed by atoms with Crippen LogP contribution in [0.4, 0.5) is 10.6 Å². The van der Waals surface area contributed by atoms with Crippen LogP contribution in [0, 0.1) is 0 Å². The largest absolute Gasteiger partial charge is 0.474 e. The van der Waals surface area contributed by atoms with E-state index in [1.54, 1.807) is 6.20 Å². The average molecular weight is 371 g/mol. The van der Waals surface area contributed by atoms with E-state index in [0.717, 1.165) is 55.5 Å². The molecule has 2 fully saturated rings. The highest BCUT2D eigenvalue weighted by molar-refractivity contribution is 5.85. The third-order valence-electron chi connectivity index (χ3n) is 5.18. The van der Waals surface area contributed by atoms with E-state index >= 15 is 0 Å². The van der Waals surface area contributed by atoms with Crippen LogP contribution < -0.4 is 20.7 Å². The number of fused-ring (bicyclic) bond motifs is 1. The summed E-state index contributed by atoms with van der Waals surface area (Å²) in [6.45, 7) is 3.04. The Morgan fingerprint density at radius 3 is 2.78 bits per heavy atom. The molecule has 0 spiro atoms. The van der Waals surface area contributed by atoms with Crippen molar-refractivity contribution in [3.63, 3.8) is 0 Å². The Bertz CT molecular complexity index is 801. The summed E-state index contributed by atoms with van der Waals surface area (Å²) in [5.41, 5.74) is 6.10. The molecule has 2 aliphatic rings. The minimum atomic E-state index is -0.462. The van der Waals surface area contributed by atoms with Gasteiger partial charge in [-0.3, -0.25) is 4.98 Å². The molecule has 27 heavy (non-hydrogen) atoms. The fourth-order valence-electron chi connectivity index (χ4n) is 3.76. The van der Waals surface area contributed by atoms with Crippen LogP contribution >= 0.6 is 0 Å². The number of aromatic nitrogens is 2. The monoisotopic (exact) mass is 371 g/mol. The van der Waals surface area contributed by atoms with E-state index in [1.165, 1.54) is 0 Å². The van der Waals surface area contributed by atoms with Gasteiger partial charge in [-0.25, -0.2) is 4.79 Å². The number of rotatable bonds is 4. The highest BCUT2D eigenvalue weighted by atomic mass is 16.5. The first-order chi connectivity index (χ1) is 13.2. The van der Waals surface area contributed by atoms with Gasteiger partial charge in [-0.05, 0) is 37.8 Å². The molecule has 8 nitrogen and oxygen atoms in total. The summed E-state index contributed by atoms with van der Waals surface area (Å²) in [5.74, 6) is 1.51. The molecule has 144 valence electrons. The van der Waals surface area contributed by atoms with Crippen molar-refractivity contribution < 1.29 is 14.3 Å². The predicted molar refractivity (Wildman–Crippen MR) is 102 cm³/mol. The van der Waals surface area contributed by atoms with Crippen molar-refractivity contribution in [2.45, 2.75) is 37.8 Å². The number of urea groups is 1. The van der Waals surface area contributed by atoms with E-state index in [2.05, 4.69) is 15.2 Å². The van der Waals surface area contributed by atoms with E-state index in [1.807, 2.05) is 18.2 Å². The van der Waals surface area contributed by atoms with Gasteiger partial charge in [0.1, 0.15) is 11.9 Å². The van der Waals surface area contributed by atoms with E-state index < -0.39 is 6.03 Å². The number of amides is 2. The lowest BCUT2D eigenvalue weighted by Crippen LogP contribution is -2.42. The minimum absolute atomic E-state index is 0.0757. The quantitative estimate of drug-likeness (QED) is 0.850. The molecule has 0 atom stereocenters. The number of nitrogens with one attached hydrogen (secondary N) is 1. The summed E-state index contributed by atoms with van der Waals surface area (Å²) in [5, 5.41) is 3.71. The molecule has 3 N–H and O–H groups in total. The molecule has 0 bridgehead atoms. The second-order valence-electron chi connectivity index (χ2n) is 7.06. The van der Waals surface area contributed by atoms with Crippen LogP contribution in [0.3, 0.4) is 0 Å². The van der Waals surface area contributed by atoms with Crippen molar-refractivity contribution in [2.24, 2.45) is 5.73 Å². The molecule has 0 aromatic carbocycles.